The molecular weight excluding hydrogens is 489 g/mol. The number of β-amino-alcohol motifs (C(OH)–C–C–N with tert-alkyl or cyclic N) is 1. The summed E-state index contributed by atoms with van der Waals surface area (Å²) in [6.45, 7) is 8.24. The Morgan fingerprint density at radius 1 is 1.05 bits per heavy atom. The summed E-state index contributed by atoms with van der Waals surface area (Å²) in [7, 11) is 0. The third-order valence-electron chi connectivity index (χ3n) is 6.87. The van der Waals surface area contributed by atoms with E-state index < -0.39 is 23.5 Å². The summed E-state index contributed by atoms with van der Waals surface area (Å²) in [5, 5.41) is 27.0. The average Bonchev–Trinajstić information content (AvgIpc) is 3.26. The number of carbonyl (C=O) groups is 2. The number of nitrogens with zero attached hydrogens (tertiary/aromatic N) is 4. The quantitative estimate of drug-likeness (QED) is 0.414. The number of benzene rings is 2. The lowest BCUT2D eigenvalue weighted by molar-refractivity contribution is -0.137. The minimum atomic E-state index is -0.809. The molecule has 0 saturated carbocycles. The Morgan fingerprint density at radius 2 is 1.71 bits per heavy atom. The van der Waals surface area contributed by atoms with Crippen LogP contribution >= 0.6 is 0 Å². The molecule has 2 amide bonds. The Labute approximate surface area is 221 Å². The number of rotatable bonds is 8. The first-order valence-electron chi connectivity index (χ1n) is 12.9. The van der Waals surface area contributed by atoms with Crippen molar-refractivity contribution in [2.45, 2.75) is 39.5 Å². The van der Waals surface area contributed by atoms with E-state index in [1.807, 2.05) is 49.9 Å². The molecule has 0 aliphatic carbocycles. The molecule has 10 heteroatoms. The fourth-order valence-electron chi connectivity index (χ4n) is 4.72. The zero-order valence-corrected chi connectivity index (χ0v) is 22.1. The molecule has 0 bridgehead atoms. The van der Waals surface area contributed by atoms with E-state index in [0.29, 0.717) is 44.7 Å². The van der Waals surface area contributed by atoms with Gasteiger partial charge in [0.25, 0.3) is 5.91 Å². The second-order valence-electron chi connectivity index (χ2n) is 10.9. The Kier molecular flexibility index (Phi) is 8.44. The molecule has 1 saturated heterocycles. The van der Waals surface area contributed by atoms with Gasteiger partial charge in [0.15, 0.2) is 5.69 Å². The summed E-state index contributed by atoms with van der Waals surface area (Å²) in [6.07, 6.45) is -0.809. The standard InChI is InChI=1S/C28H36FN5O4/c1-28(2,3)25(27(38)33-14-12-32(13-15-33)17-21(36)18-35)30-26(37)24-22-6-4-5-7-23(22)34(31-24)16-19-8-10-20(29)11-9-19/h4-11,21,25,35-36H,12-18H2,1-3H3,(H,30,37)/t21?,25-/m1/s1. The van der Waals surface area contributed by atoms with Crippen molar-refractivity contribution in [1.82, 2.24) is 24.9 Å². The van der Waals surface area contributed by atoms with Crippen LogP contribution in [0.3, 0.4) is 0 Å². The molecule has 3 N–H and O–H groups in total. The van der Waals surface area contributed by atoms with Crippen LogP contribution in [0.25, 0.3) is 10.9 Å². The van der Waals surface area contributed by atoms with E-state index in [0.717, 1.165) is 11.1 Å². The first-order chi connectivity index (χ1) is 18.1. The SMILES string of the molecule is CC(C)(C)[C@H](NC(=O)c1nn(Cc2ccc(F)cc2)c2ccccc12)C(=O)N1CCN(CC(O)CO)CC1. The monoisotopic (exact) mass is 525 g/mol. The van der Waals surface area contributed by atoms with Crippen molar-refractivity contribution in [3.8, 4) is 0 Å². The third-order valence-corrected chi connectivity index (χ3v) is 6.87. The molecule has 1 fully saturated rings. The smallest absolute Gasteiger partial charge is 0.273 e. The van der Waals surface area contributed by atoms with Gasteiger partial charge in [-0.05, 0) is 29.2 Å². The van der Waals surface area contributed by atoms with Crippen LogP contribution in [0, 0.1) is 11.2 Å². The summed E-state index contributed by atoms with van der Waals surface area (Å²) in [5.41, 5.74) is 1.29. The van der Waals surface area contributed by atoms with E-state index in [2.05, 4.69) is 10.4 Å². The second-order valence-corrected chi connectivity index (χ2v) is 10.9. The van der Waals surface area contributed by atoms with Gasteiger partial charge in [0.1, 0.15) is 11.9 Å². The largest absolute Gasteiger partial charge is 0.394 e. The molecule has 38 heavy (non-hydrogen) atoms. The van der Waals surface area contributed by atoms with Crippen molar-refractivity contribution in [2.75, 3.05) is 39.3 Å². The van der Waals surface area contributed by atoms with Crippen molar-refractivity contribution in [1.29, 1.82) is 0 Å². The Hall–Kier alpha value is -3.34. The van der Waals surface area contributed by atoms with Crippen LogP contribution in [-0.2, 0) is 11.3 Å². The van der Waals surface area contributed by atoms with E-state index >= 15 is 0 Å². The molecule has 3 aromatic rings. The molecular formula is C28H36FN5O4. The number of hydrogen-bond acceptors (Lipinski definition) is 6. The topological polar surface area (TPSA) is 111 Å². The van der Waals surface area contributed by atoms with Gasteiger partial charge >= 0.3 is 0 Å². The minimum absolute atomic E-state index is 0.164. The summed E-state index contributed by atoms with van der Waals surface area (Å²) >= 11 is 0. The molecule has 9 nitrogen and oxygen atoms in total. The van der Waals surface area contributed by atoms with Gasteiger partial charge in [0.05, 0.1) is 24.8 Å². The van der Waals surface area contributed by atoms with Crippen molar-refractivity contribution in [3.05, 3.63) is 65.6 Å². The van der Waals surface area contributed by atoms with E-state index in [4.69, 9.17) is 5.11 Å². The fourth-order valence-corrected chi connectivity index (χ4v) is 4.72. The number of fused-ring (bicyclic) bond motifs is 1. The number of piperazine rings is 1. The Morgan fingerprint density at radius 3 is 2.34 bits per heavy atom. The number of halogens is 1. The lowest BCUT2D eigenvalue weighted by Crippen LogP contribution is -2.59. The van der Waals surface area contributed by atoms with Gasteiger partial charge in [-0.1, -0.05) is 51.1 Å². The van der Waals surface area contributed by atoms with Crippen LogP contribution in [0.5, 0.6) is 0 Å². The molecule has 2 atom stereocenters. The molecule has 1 aliphatic rings. The highest BCUT2D eigenvalue weighted by Gasteiger charge is 2.37. The van der Waals surface area contributed by atoms with Gasteiger partial charge in [-0.3, -0.25) is 19.2 Å². The number of nitrogens with one attached hydrogen (secondary N) is 1. The van der Waals surface area contributed by atoms with Gasteiger partial charge in [0, 0.05) is 38.1 Å². The van der Waals surface area contributed by atoms with E-state index in [1.165, 1.54) is 12.1 Å². The maximum absolute atomic E-state index is 13.6. The van der Waals surface area contributed by atoms with Crippen LogP contribution < -0.4 is 5.32 Å². The summed E-state index contributed by atoms with van der Waals surface area (Å²) < 4.78 is 15.1. The lowest BCUT2D eigenvalue weighted by atomic mass is 9.85. The predicted molar refractivity (Wildman–Crippen MR) is 142 cm³/mol. The third kappa shape index (κ3) is 6.38. The number of para-hydroxylation sites is 1. The first-order valence-corrected chi connectivity index (χ1v) is 12.9. The fraction of sp³-hybridized carbons (Fsp3) is 0.464. The van der Waals surface area contributed by atoms with Crippen LogP contribution in [-0.4, -0.2) is 93.1 Å². The normalized spacial score (nSPS) is 16.4. The zero-order valence-electron chi connectivity index (χ0n) is 22.1. The molecule has 204 valence electrons. The second kappa shape index (κ2) is 11.6. The highest BCUT2D eigenvalue weighted by atomic mass is 19.1. The lowest BCUT2D eigenvalue weighted by Gasteiger charge is -2.39. The molecule has 2 heterocycles. The first kappa shape index (κ1) is 27.7. The predicted octanol–water partition coefficient (Wildman–Crippen LogP) is 1.87. The zero-order chi connectivity index (χ0) is 27.4. The van der Waals surface area contributed by atoms with Gasteiger partial charge in [-0.25, -0.2) is 4.39 Å². The van der Waals surface area contributed by atoms with E-state index in [-0.39, 0.29) is 24.0 Å². The maximum atomic E-state index is 13.6. The van der Waals surface area contributed by atoms with Crippen molar-refractivity contribution < 1.29 is 24.2 Å². The number of aliphatic hydroxyl groups is 2. The van der Waals surface area contributed by atoms with Crippen molar-refractivity contribution in [3.63, 3.8) is 0 Å². The number of amides is 2. The van der Waals surface area contributed by atoms with Crippen molar-refractivity contribution in [2.24, 2.45) is 5.41 Å². The highest BCUT2D eigenvalue weighted by molar-refractivity contribution is 6.06. The molecule has 0 radical (unpaired) electrons. The minimum Gasteiger partial charge on any atom is -0.394 e. The summed E-state index contributed by atoms with van der Waals surface area (Å²) in [6, 6.07) is 12.8. The Balaban J connectivity index is 1.52. The molecule has 1 unspecified atom stereocenters. The highest BCUT2D eigenvalue weighted by Crippen LogP contribution is 2.24. The van der Waals surface area contributed by atoms with Gasteiger partial charge in [0.2, 0.25) is 5.91 Å². The average molecular weight is 526 g/mol. The molecule has 4 rings (SSSR count). The van der Waals surface area contributed by atoms with Crippen molar-refractivity contribution >= 4 is 22.7 Å². The molecule has 2 aromatic carbocycles. The van der Waals surface area contributed by atoms with Gasteiger partial charge in [-0.2, -0.15) is 5.10 Å². The molecule has 1 aromatic heterocycles. The van der Waals surface area contributed by atoms with Gasteiger partial charge < -0.3 is 20.4 Å². The van der Waals surface area contributed by atoms with Crippen LogP contribution in [0.1, 0.15) is 36.8 Å². The molecule has 0 spiro atoms. The number of hydrogen-bond donors (Lipinski definition) is 3. The number of aromatic nitrogens is 2. The van der Waals surface area contributed by atoms with E-state index in [9.17, 15) is 19.1 Å². The summed E-state index contributed by atoms with van der Waals surface area (Å²) in [4.78, 5) is 30.9. The van der Waals surface area contributed by atoms with Crippen LogP contribution in [0.4, 0.5) is 4.39 Å². The van der Waals surface area contributed by atoms with Crippen LogP contribution in [0.15, 0.2) is 48.5 Å². The maximum Gasteiger partial charge on any atom is 0.273 e. The van der Waals surface area contributed by atoms with Gasteiger partial charge in [-0.15, -0.1) is 0 Å². The molecule has 1 aliphatic heterocycles. The number of aliphatic hydroxyl groups excluding tert-OH is 2. The van der Waals surface area contributed by atoms with E-state index in [1.54, 1.807) is 21.7 Å². The number of carbonyl (C=O) groups excluding carboxylic acids is 2. The Bertz CT molecular complexity index is 1260. The summed E-state index contributed by atoms with van der Waals surface area (Å²) in [5.74, 6) is -0.915. The van der Waals surface area contributed by atoms with Crippen LogP contribution in [0.2, 0.25) is 0 Å².